The van der Waals surface area contributed by atoms with Crippen LogP contribution >= 0.6 is 0 Å². The molecule has 2 aromatic heterocycles. The lowest BCUT2D eigenvalue weighted by Crippen LogP contribution is -1.95. The van der Waals surface area contributed by atoms with Gasteiger partial charge in [-0.15, -0.1) is 0 Å². The molecule has 0 N–H and O–H groups in total. The molecule has 6 aromatic carbocycles. The Labute approximate surface area is 226 Å². The molecule has 0 spiro atoms. The van der Waals surface area contributed by atoms with E-state index in [2.05, 4.69) is 140 Å². The molecule has 2 heteroatoms. The number of benzene rings is 6. The average Bonchev–Trinajstić information content (AvgIpc) is 3.31. The maximum absolute atomic E-state index is 5.31. The molecule has 2 heterocycles. The monoisotopic (exact) mass is 498 g/mol. The van der Waals surface area contributed by atoms with Crippen LogP contribution in [0.2, 0.25) is 0 Å². The fraction of sp³-hybridized carbons (Fsp3) is 0.0541. The molecule has 0 aliphatic heterocycles. The summed E-state index contributed by atoms with van der Waals surface area (Å²) in [6, 6.07) is 44.0. The Bertz CT molecular complexity index is 2200. The molecule has 8 rings (SSSR count). The summed E-state index contributed by atoms with van der Waals surface area (Å²) in [6.07, 6.45) is 0. The van der Waals surface area contributed by atoms with Gasteiger partial charge in [0.25, 0.3) is 0 Å². The quantitative estimate of drug-likeness (QED) is 0.217. The SMILES string of the molecule is Cc1ccc2c(c1)c1cc(C)ccc1c1nc(-c3cccc(-n4c5ccccc5c5ccccc54)c3)ccc21. The molecule has 0 saturated carbocycles. The number of hydrogen-bond acceptors (Lipinski definition) is 1. The largest absolute Gasteiger partial charge is 0.309 e. The number of hydrogen-bond donors (Lipinski definition) is 0. The first-order valence-electron chi connectivity index (χ1n) is 13.5. The predicted octanol–water partition coefficient (Wildman–Crippen LogP) is 9.92. The van der Waals surface area contributed by atoms with Crippen LogP contribution in [0.1, 0.15) is 11.1 Å². The van der Waals surface area contributed by atoms with Gasteiger partial charge in [-0.3, -0.25) is 0 Å². The van der Waals surface area contributed by atoms with Gasteiger partial charge in [-0.2, -0.15) is 0 Å². The van der Waals surface area contributed by atoms with Gasteiger partial charge in [0.05, 0.1) is 22.2 Å². The van der Waals surface area contributed by atoms with Crippen molar-refractivity contribution in [2.45, 2.75) is 13.8 Å². The van der Waals surface area contributed by atoms with E-state index in [1.165, 1.54) is 59.9 Å². The second kappa shape index (κ2) is 8.28. The van der Waals surface area contributed by atoms with Crippen molar-refractivity contribution in [3.8, 4) is 16.9 Å². The van der Waals surface area contributed by atoms with Crippen molar-refractivity contribution in [2.75, 3.05) is 0 Å². The first kappa shape index (κ1) is 22.1. The van der Waals surface area contributed by atoms with Gasteiger partial charge >= 0.3 is 0 Å². The third-order valence-electron chi connectivity index (χ3n) is 8.06. The summed E-state index contributed by atoms with van der Waals surface area (Å²) in [5, 5.41) is 8.76. The first-order chi connectivity index (χ1) is 19.2. The Kier molecular flexibility index (Phi) is 4.68. The number of nitrogens with zero attached hydrogens (tertiary/aromatic N) is 2. The van der Waals surface area contributed by atoms with E-state index in [0.717, 1.165) is 22.5 Å². The van der Waals surface area contributed by atoms with Crippen LogP contribution in [0.25, 0.3) is 71.2 Å². The maximum Gasteiger partial charge on any atom is 0.0794 e. The van der Waals surface area contributed by atoms with E-state index >= 15 is 0 Å². The number of aromatic nitrogens is 2. The van der Waals surface area contributed by atoms with E-state index in [1.807, 2.05) is 0 Å². The van der Waals surface area contributed by atoms with Crippen LogP contribution in [0.5, 0.6) is 0 Å². The number of para-hydroxylation sites is 2. The highest BCUT2D eigenvalue weighted by molar-refractivity contribution is 6.24. The van der Waals surface area contributed by atoms with Crippen LogP contribution in [0.15, 0.2) is 121 Å². The molecule has 0 amide bonds. The van der Waals surface area contributed by atoms with E-state index in [1.54, 1.807) is 0 Å². The van der Waals surface area contributed by atoms with E-state index in [4.69, 9.17) is 4.98 Å². The molecule has 39 heavy (non-hydrogen) atoms. The zero-order valence-corrected chi connectivity index (χ0v) is 21.9. The van der Waals surface area contributed by atoms with Crippen molar-refractivity contribution >= 4 is 54.3 Å². The molecule has 0 bridgehead atoms. The highest BCUT2D eigenvalue weighted by atomic mass is 15.0. The van der Waals surface area contributed by atoms with Crippen molar-refractivity contribution in [1.82, 2.24) is 9.55 Å². The van der Waals surface area contributed by atoms with Crippen LogP contribution in [0.3, 0.4) is 0 Å². The summed E-state index contributed by atoms with van der Waals surface area (Å²) in [4.78, 5) is 5.31. The summed E-state index contributed by atoms with van der Waals surface area (Å²) in [5.74, 6) is 0. The average molecular weight is 499 g/mol. The summed E-state index contributed by atoms with van der Waals surface area (Å²) in [5.41, 5.74) is 9.26. The van der Waals surface area contributed by atoms with Crippen molar-refractivity contribution in [3.05, 3.63) is 132 Å². The van der Waals surface area contributed by atoms with Gasteiger partial charge in [-0.1, -0.05) is 96.1 Å². The molecular formula is C37H26N2. The van der Waals surface area contributed by atoms with Gasteiger partial charge in [0.15, 0.2) is 0 Å². The Balaban J connectivity index is 1.38. The van der Waals surface area contributed by atoms with E-state index < -0.39 is 0 Å². The molecule has 0 unspecified atom stereocenters. The van der Waals surface area contributed by atoms with Crippen molar-refractivity contribution < 1.29 is 0 Å². The zero-order valence-electron chi connectivity index (χ0n) is 21.9. The maximum atomic E-state index is 5.31. The first-order valence-corrected chi connectivity index (χ1v) is 13.5. The lowest BCUT2D eigenvalue weighted by Gasteiger charge is -2.13. The second-order valence-electron chi connectivity index (χ2n) is 10.6. The van der Waals surface area contributed by atoms with Crippen LogP contribution < -0.4 is 0 Å². The molecule has 184 valence electrons. The Morgan fingerprint density at radius 3 is 1.77 bits per heavy atom. The molecule has 0 fully saturated rings. The van der Waals surface area contributed by atoms with Crippen LogP contribution in [0, 0.1) is 13.8 Å². The van der Waals surface area contributed by atoms with Gasteiger partial charge < -0.3 is 4.57 Å². The Morgan fingerprint density at radius 1 is 0.462 bits per heavy atom. The Hall–Kier alpha value is -4.95. The lowest BCUT2D eigenvalue weighted by atomic mass is 9.94. The third-order valence-corrected chi connectivity index (χ3v) is 8.06. The highest BCUT2D eigenvalue weighted by Crippen LogP contribution is 2.37. The molecular weight excluding hydrogens is 472 g/mol. The predicted molar refractivity (Wildman–Crippen MR) is 166 cm³/mol. The summed E-state index contributed by atoms with van der Waals surface area (Å²) < 4.78 is 2.36. The smallest absolute Gasteiger partial charge is 0.0794 e. The number of fused-ring (bicyclic) bond motifs is 9. The van der Waals surface area contributed by atoms with Gasteiger partial charge in [0.2, 0.25) is 0 Å². The second-order valence-corrected chi connectivity index (χ2v) is 10.6. The van der Waals surface area contributed by atoms with E-state index in [-0.39, 0.29) is 0 Å². The van der Waals surface area contributed by atoms with Gasteiger partial charge in [-0.25, -0.2) is 4.98 Å². The highest BCUT2D eigenvalue weighted by Gasteiger charge is 2.14. The minimum Gasteiger partial charge on any atom is -0.309 e. The van der Waals surface area contributed by atoms with Gasteiger partial charge in [0.1, 0.15) is 0 Å². The fourth-order valence-electron chi connectivity index (χ4n) is 6.25. The van der Waals surface area contributed by atoms with Crippen LogP contribution in [-0.4, -0.2) is 9.55 Å². The minimum absolute atomic E-state index is 0.985. The molecule has 2 nitrogen and oxygen atoms in total. The van der Waals surface area contributed by atoms with Crippen molar-refractivity contribution in [2.24, 2.45) is 0 Å². The number of rotatable bonds is 2. The molecule has 0 atom stereocenters. The fourth-order valence-corrected chi connectivity index (χ4v) is 6.25. The summed E-state index contributed by atoms with van der Waals surface area (Å²) >= 11 is 0. The topological polar surface area (TPSA) is 17.8 Å². The Morgan fingerprint density at radius 2 is 1.05 bits per heavy atom. The molecule has 8 aromatic rings. The van der Waals surface area contributed by atoms with Crippen molar-refractivity contribution in [3.63, 3.8) is 0 Å². The van der Waals surface area contributed by atoms with E-state index in [9.17, 15) is 0 Å². The van der Waals surface area contributed by atoms with Gasteiger partial charge in [-0.05, 0) is 66.4 Å². The third kappa shape index (κ3) is 3.31. The molecule has 0 saturated heterocycles. The molecule has 0 aliphatic carbocycles. The summed E-state index contributed by atoms with van der Waals surface area (Å²) in [7, 11) is 0. The standard InChI is InChI=1S/C37H26N2/c1-23-14-16-27-30-18-19-34(38-37(30)31-17-15-24(2)21-33(31)32(27)20-23)25-8-7-9-26(22-25)39-35-12-5-3-10-28(35)29-11-4-6-13-36(29)39/h3-22H,1-2H3. The molecule has 0 radical (unpaired) electrons. The minimum atomic E-state index is 0.985. The van der Waals surface area contributed by atoms with E-state index in [0.29, 0.717) is 0 Å². The number of pyridine rings is 1. The van der Waals surface area contributed by atoms with Crippen molar-refractivity contribution in [1.29, 1.82) is 0 Å². The number of aryl methyl sites for hydroxylation is 2. The van der Waals surface area contributed by atoms with Gasteiger partial charge in [0, 0.05) is 32.8 Å². The summed E-state index contributed by atoms with van der Waals surface area (Å²) in [6.45, 7) is 4.33. The lowest BCUT2D eigenvalue weighted by molar-refractivity contribution is 1.18. The zero-order chi connectivity index (χ0) is 26.1. The van der Waals surface area contributed by atoms with Crippen LogP contribution in [-0.2, 0) is 0 Å². The molecule has 0 aliphatic rings. The normalized spacial score (nSPS) is 11.8. The van der Waals surface area contributed by atoms with Crippen LogP contribution in [0.4, 0.5) is 0 Å².